The summed E-state index contributed by atoms with van der Waals surface area (Å²) in [7, 11) is 0. The van der Waals surface area contributed by atoms with E-state index in [1.165, 1.54) is 31.2 Å². The van der Waals surface area contributed by atoms with Gasteiger partial charge in [-0.2, -0.15) is 0 Å². The minimum absolute atomic E-state index is 0.0849. The molecular weight excluding hydrogens is 286 g/mol. The second kappa shape index (κ2) is 13.1. The number of carbonyl (C=O) groups excluding carboxylic acids is 1. The van der Waals surface area contributed by atoms with Crippen LogP contribution in [0.15, 0.2) is 30.3 Å². The van der Waals surface area contributed by atoms with Crippen molar-refractivity contribution in [1.29, 1.82) is 0 Å². The molecule has 0 aliphatic rings. The van der Waals surface area contributed by atoms with Crippen LogP contribution in [-0.4, -0.2) is 25.2 Å². The molecule has 1 atom stereocenters. The van der Waals surface area contributed by atoms with Gasteiger partial charge in [-0.05, 0) is 31.9 Å². The fraction of sp³-hybridized carbons (Fsp3) is 0.650. The predicted molar refractivity (Wildman–Crippen MR) is 96.6 cm³/mol. The van der Waals surface area contributed by atoms with Gasteiger partial charge in [-0.1, -0.05) is 69.4 Å². The predicted octanol–water partition coefficient (Wildman–Crippen LogP) is 4.50. The Kier molecular flexibility index (Phi) is 11.2. The molecular formula is C20H33NO2. The number of benzene rings is 1. The molecule has 1 rings (SSSR count). The average Bonchev–Trinajstić information content (AvgIpc) is 2.55. The molecule has 3 heteroatoms. The van der Waals surface area contributed by atoms with Gasteiger partial charge in [0.25, 0.3) is 0 Å². The largest absolute Gasteiger partial charge is 0.466 e. The third kappa shape index (κ3) is 10.9. The van der Waals surface area contributed by atoms with Crippen LogP contribution in [0.25, 0.3) is 0 Å². The van der Waals surface area contributed by atoms with Gasteiger partial charge < -0.3 is 10.1 Å². The Morgan fingerprint density at radius 1 is 1.09 bits per heavy atom. The van der Waals surface area contributed by atoms with Crippen molar-refractivity contribution in [3.05, 3.63) is 35.9 Å². The zero-order chi connectivity index (χ0) is 16.8. The van der Waals surface area contributed by atoms with Crippen molar-refractivity contribution in [2.45, 2.75) is 71.3 Å². The molecule has 1 aromatic carbocycles. The summed E-state index contributed by atoms with van der Waals surface area (Å²) in [6.45, 7) is 5.71. The molecule has 1 N–H and O–H groups in total. The van der Waals surface area contributed by atoms with Crippen molar-refractivity contribution in [3.8, 4) is 0 Å². The first-order valence-electron chi connectivity index (χ1n) is 9.15. The Morgan fingerprint density at radius 2 is 1.78 bits per heavy atom. The summed E-state index contributed by atoms with van der Waals surface area (Å²) in [6, 6.07) is 10.6. The molecule has 0 heterocycles. The molecule has 0 amide bonds. The third-order valence-corrected chi connectivity index (χ3v) is 3.98. The van der Waals surface area contributed by atoms with Gasteiger partial charge in [0.15, 0.2) is 0 Å². The quantitative estimate of drug-likeness (QED) is 0.430. The maximum Gasteiger partial charge on any atom is 0.307 e. The summed E-state index contributed by atoms with van der Waals surface area (Å²) in [4.78, 5) is 11.8. The van der Waals surface area contributed by atoms with Gasteiger partial charge in [-0.15, -0.1) is 0 Å². The number of esters is 1. The molecule has 0 aliphatic heterocycles. The smallest absolute Gasteiger partial charge is 0.307 e. The highest BCUT2D eigenvalue weighted by molar-refractivity contribution is 5.70. The lowest BCUT2D eigenvalue weighted by atomic mass is 10.1. The topological polar surface area (TPSA) is 38.3 Å². The molecule has 0 aromatic heterocycles. The van der Waals surface area contributed by atoms with Crippen LogP contribution in [-0.2, 0) is 16.0 Å². The highest BCUT2D eigenvalue weighted by Crippen LogP contribution is 2.05. The maximum atomic E-state index is 11.8. The Balaban J connectivity index is 1.98. The molecule has 1 unspecified atom stereocenters. The number of carbonyl (C=O) groups is 1. The van der Waals surface area contributed by atoms with Gasteiger partial charge in [-0.25, -0.2) is 0 Å². The second-order valence-electron chi connectivity index (χ2n) is 6.28. The summed E-state index contributed by atoms with van der Waals surface area (Å²) in [5.74, 6) is -0.0849. The fourth-order valence-electron chi connectivity index (χ4n) is 2.56. The molecule has 0 fully saturated rings. The number of hydrogen-bond acceptors (Lipinski definition) is 3. The van der Waals surface area contributed by atoms with Crippen LogP contribution in [0.3, 0.4) is 0 Å². The lowest BCUT2D eigenvalue weighted by Crippen LogP contribution is -2.31. The van der Waals surface area contributed by atoms with E-state index in [1.807, 2.05) is 13.0 Å². The number of ether oxygens (including phenoxy) is 1. The van der Waals surface area contributed by atoms with Crippen molar-refractivity contribution >= 4 is 5.97 Å². The van der Waals surface area contributed by atoms with Gasteiger partial charge in [-0.3, -0.25) is 4.79 Å². The van der Waals surface area contributed by atoms with Crippen LogP contribution < -0.4 is 5.32 Å². The Bertz CT molecular complexity index is 405. The molecule has 0 bridgehead atoms. The molecule has 0 aliphatic carbocycles. The molecule has 0 saturated carbocycles. The summed E-state index contributed by atoms with van der Waals surface area (Å²) >= 11 is 0. The van der Waals surface area contributed by atoms with Crippen molar-refractivity contribution in [2.24, 2.45) is 0 Å². The monoisotopic (exact) mass is 319 g/mol. The van der Waals surface area contributed by atoms with E-state index >= 15 is 0 Å². The van der Waals surface area contributed by atoms with Gasteiger partial charge in [0.1, 0.15) is 0 Å². The number of hydrogen-bond donors (Lipinski definition) is 1. The number of unbranched alkanes of at least 4 members (excludes halogenated alkanes) is 5. The van der Waals surface area contributed by atoms with Crippen LogP contribution in [0.2, 0.25) is 0 Å². The molecule has 23 heavy (non-hydrogen) atoms. The van der Waals surface area contributed by atoms with E-state index in [0.29, 0.717) is 13.0 Å². The molecule has 0 spiro atoms. The van der Waals surface area contributed by atoms with Crippen molar-refractivity contribution in [3.63, 3.8) is 0 Å². The SMILES string of the molecule is CCCCCCCCOC(=O)CC(C)NCCc1ccccc1. The summed E-state index contributed by atoms with van der Waals surface area (Å²) in [5.41, 5.74) is 1.32. The first-order valence-corrected chi connectivity index (χ1v) is 9.15. The van der Waals surface area contributed by atoms with Gasteiger partial charge >= 0.3 is 5.97 Å². The van der Waals surface area contributed by atoms with Crippen molar-refractivity contribution in [1.82, 2.24) is 5.32 Å². The number of rotatable bonds is 13. The molecule has 0 saturated heterocycles. The zero-order valence-corrected chi connectivity index (χ0v) is 14.9. The first-order chi connectivity index (χ1) is 11.2. The van der Waals surface area contributed by atoms with E-state index < -0.39 is 0 Å². The Hall–Kier alpha value is -1.35. The fourth-order valence-corrected chi connectivity index (χ4v) is 2.56. The van der Waals surface area contributed by atoms with Crippen molar-refractivity contribution in [2.75, 3.05) is 13.2 Å². The van der Waals surface area contributed by atoms with Crippen LogP contribution in [0.5, 0.6) is 0 Å². The lowest BCUT2D eigenvalue weighted by molar-refractivity contribution is -0.144. The summed E-state index contributed by atoms with van der Waals surface area (Å²) in [5, 5.41) is 3.39. The van der Waals surface area contributed by atoms with Crippen LogP contribution in [0, 0.1) is 0 Å². The first kappa shape index (κ1) is 19.7. The lowest BCUT2D eigenvalue weighted by Gasteiger charge is -2.13. The minimum Gasteiger partial charge on any atom is -0.466 e. The normalized spacial score (nSPS) is 12.1. The van der Waals surface area contributed by atoms with Crippen LogP contribution >= 0.6 is 0 Å². The number of nitrogens with one attached hydrogen (secondary N) is 1. The zero-order valence-electron chi connectivity index (χ0n) is 14.9. The van der Waals surface area contributed by atoms with Crippen molar-refractivity contribution < 1.29 is 9.53 Å². The highest BCUT2D eigenvalue weighted by Gasteiger charge is 2.09. The van der Waals surface area contributed by atoms with E-state index in [1.54, 1.807) is 0 Å². The summed E-state index contributed by atoms with van der Waals surface area (Å²) in [6.07, 6.45) is 8.72. The second-order valence-corrected chi connectivity index (χ2v) is 6.28. The average molecular weight is 319 g/mol. The van der Waals surface area contributed by atoms with Crippen LogP contribution in [0.4, 0.5) is 0 Å². The molecule has 0 radical (unpaired) electrons. The Morgan fingerprint density at radius 3 is 2.52 bits per heavy atom. The molecule has 1 aromatic rings. The maximum absolute atomic E-state index is 11.8. The van der Waals surface area contributed by atoms with E-state index in [2.05, 4.69) is 36.5 Å². The van der Waals surface area contributed by atoms with Gasteiger partial charge in [0.05, 0.1) is 13.0 Å². The molecule has 3 nitrogen and oxygen atoms in total. The van der Waals surface area contributed by atoms with E-state index in [0.717, 1.165) is 25.8 Å². The van der Waals surface area contributed by atoms with Gasteiger partial charge in [0.2, 0.25) is 0 Å². The van der Waals surface area contributed by atoms with E-state index in [-0.39, 0.29) is 12.0 Å². The van der Waals surface area contributed by atoms with Gasteiger partial charge in [0, 0.05) is 6.04 Å². The third-order valence-electron chi connectivity index (χ3n) is 3.98. The standard InChI is InChI=1S/C20H33NO2/c1-3-4-5-6-7-11-16-23-20(22)17-18(2)21-15-14-19-12-9-8-10-13-19/h8-10,12-13,18,21H,3-7,11,14-17H2,1-2H3. The Labute approximate surface area is 141 Å². The van der Waals surface area contributed by atoms with E-state index in [9.17, 15) is 4.79 Å². The minimum atomic E-state index is -0.0849. The summed E-state index contributed by atoms with van der Waals surface area (Å²) < 4.78 is 5.30. The van der Waals surface area contributed by atoms with E-state index in [4.69, 9.17) is 4.74 Å². The highest BCUT2D eigenvalue weighted by atomic mass is 16.5. The van der Waals surface area contributed by atoms with Crippen LogP contribution in [0.1, 0.15) is 64.4 Å². The molecule has 130 valence electrons.